The van der Waals surface area contributed by atoms with Gasteiger partial charge in [0.25, 0.3) is 5.92 Å². The topological polar surface area (TPSA) is 124 Å². The Bertz CT molecular complexity index is 2940. The molecule has 0 N–H and O–H groups in total. The second kappa shape index (κ2) is 19.5. The Morgan fingerprint density at radius 2 is 1.65 bits per heavy atom. The molecule has 8 heterocycles. The summed E-state index contributed by atoms with van der Waals surface area (Å²) < 4.78 is 76.3. The van der Waals surface area contributed by atoms with E-state index in [1.165, 1.54) is 29.8 Å². The maximum absolute atomic E-state index is 14.6. The summed E-state index contributed by atoms with van der Waals surface area (Å²) in [6.45, 7) is 13.5. The van der Waals surface area contributed by atoms with E-state index in [2.05, 4.69) is 26.8 Å². The molecule has 13 nitrogen and oxygen atoms in total. The lowest BCUT2D eigenvalue weighted by Gasteiger charge is -2.52. The number of carbonyl (C=O) groups is 1. The van der Waals surface area contributed by atoms with E-state index in [-0.39, 0.29) is 38.6 Å². The van der Waals surface area contributed by atoms with Crippen LogP contribution in [-0.2, 0) is 22.6 Å². The number of likely N-dealkylation sites (N-methyl/N-ethyl adjacent to an activating group) is 1. The van der Waals surface area contributed by atoms with E-state index in [0.717, 1.165) is 31.1 Å². The third-order valence-electron chi connectivity index (χ3n) is 13.7. The highest BCUT2D eigenvalue weighted by molar-refractivity contribution is 7.22. The van der Waals surface area contributed by atoms with Crippen LogP contribution in [0.5, 0.6) is 23.1 Å². The minimum Gasteiger partial charge on any atom is -0.490 e. The van der Waals surface area contributed by atoms with Crippen molar-refractivity contribution in [1.29, 1.82) is 0 Å². The van der Waals surface area contributed by atoms with Gasteiger partial charge in [0.2, 0.25) is 17.9 Å². The van der Waals surface area contributed by atoms with Gasteiger partial charge >= 0.3 is 5.97 Å². The van der Waals surface area contributed by atoms with Gasteiger partial charge in [-0.3, -0.25) is 4.90 Å². The first-order chi connectivity index (χ1) is 33.9. The number of anilines is 1. The van der Waals surface area contributed by atoms with Crippen LogP contribution in [0.2, 0.25) is 10.0 Å². The fraction of sp³-hybridized carbons (Fsp3) is 0.442. The zero-order valence-corrected chi connectivity index (χ0v) is 42.6. The van der Waals surface area contributed by atoms with E-state index in [1.807, 2.05) is 18.7 Å². The van der Waals surface area contributed by atoms with E-state index in [4.69, 9.17) is 56.9 Å². The van der Waals surface area contributed by atoms with Crippen molar-refractivity contribution in [3.05, 3.63) is 99.3 Å². The standard InChI is InChI=1S/C52H54Cl2F3N7O6S/c1-28-40-29(2)44(54)45(43(28)53)68-37(24-63-17-15-62(6)16-18-63)26-66-36-11-12-38(67-25-35-13-14-58-50(61-35)64-22-32-21-33(23-64)52(32,56)57)31(19-36)20-39(49(65)70-51(3,4)5)69-47-42-41(40)46(71-48(42)60-27-59-47)30-7-9-34(55)10-8-30/h7-14,19,27,32-33,37,39H,15-18,20-26H2,1-6H3/t32-,33+,37-,39-/m1/s1. The maximum Gasteiger partial charge on any atom is 0.348 e. The van der Waals surface area contributed by atoms with Gasteiger partial charge in [-0.25, -0.2) is 37.9 Å². The van der Waals surface area contributed by atoms with E-state index in [0.29, 0.717) is 95.5 Å². The number of aromatic nitrogens is 4. The number of nitrogens with zero attached hydrogens (tertiary/aromatic N) is 7. The lowest BCUT2D eigenvalue weighted by atomic mass is 9.67. The van der Waals surface area contributed by atoms with E-state index in [1.54, 1.807) is 63.4 Å². The summed E-state index contributed by atoms with van der Waals surface area (Å²) in [4.78, 5) is 40.7. The molecule has 0 unspecified atom stereocenters. The second-order valence-electron chi connectivity index (χ2n) is 19.9. The Morgan fingerprint density at radius 3 is 2.34 bits per heavy atom. The quantitative estimate of drug-likeness (QED) is 0.135. The molecule has 19 heteroatoms. The fourth-order valence-electron chi connectivity index (χ4n) is 9.84. The van der Waals surface area contributed by atoms with E-state index in [9.17, 15) is 18.0 Å². The van der Waals surface area contributed by atoms with Crippen molar-refractivity contribution in [3.8, 4) is 44.7 Å². The molecule has 4 atom stereocenters. The molecule has 6 aromatic rings. The number of carbonyl (C=O) groups excluding carboxylic acids is 1. The molecular weight excluding hydrogens is 979 g/mol. The number of ether oxygens (including phenoxy) is 5. The summed E-state index contributed by atoms with van der Waals surface area (Å²) in [6.07, 6.45) is 1.54. The average Bonchev–Trinajstić information content (AvgIpc) is 3.73. The Hall–Kier alpha value is -5.46. The number of hydrogen-bond acceptors (Lipinski definition) is 14. The SMILES string of the molecule is Cc1c(Cl)c2c(Cl)c(C)c1-c1c(-c3ccc(F)cc3)sc3ncnc(c13)O[C@@H](C(=O)OC(C)(C)C)Cc1cc(ccc1OCc1ccnc(N3C[C@H]4C[C@@H](C3)C4(F)F)n1)OC[C@@H](CN1CCN(C)CC1)O2. The summed E-state index contributed by atoms with van der Waals surface area (Å²) in [5, 5.41) is 1.08. The smallest absolute Gasteiger partial charge is 0.348 e. The number of esters is 1. The summed E-state index contributed by atoms with van der Waals surface area (Å²) >= 11 is 16.1. The predicted molar refractivity (Wildman–Crippen MR) is 267 cm³/mol. The molecule has 3 aromatic heterocycles. The van der Waals surface area contributed by atoms with Gasteiger partial charge in [0.15, 0.2) is 5.75 Å². The van der Waals surface area contributed by atoms with Gasteiger partial charge in [-0.2, -0.15) is 0 Å². The van der Waals surface area contributed by atoms with Crippen LogP contribution >= 0.6 is 34.5 Å². The van der Waals surface area contributed by atoms with Crippen LogP contribution in [0.15, 0.2) is 61.1 Å². The third kappa shape index (κ3) is 10.0. The predicted octanol–water partition coefficient (Wildman–Crippen LogP) is 10.3. The number of rotatable bonds is 8. The van der Waals surface area contributed by atoms with Crippen molar-refractivity contribution < 1.29 is 41.7 Å². The molecule has 0 amide bonds. The van der Waals surface area contributed by atoms with Crippen molar-refractivity contribution in [2.75, 3.05) is 64.4 Å². The number of piperazine rings is 1. The molecule has 3 saturated heterocycles. The molecule has 71 heavy (non-hydrogen) atoms. The second-order valence-corrected chi connectivity index (χ2v) is 21.6. The van der Waals surface area contributed by atoms with Gasteiger partial charge in [-0.15, -0.1) is 11.3 Å². The van der Waals surface area contributed by atoms with Crippen molar-refractivity contribution in [3.63, 3.8) is 0 Å². The number of alkyl halides is 2. The first-order valence-electron chi connectivity index (χ1n) is 23.7. The molecule has 12 rings (SSSR count). The van der Waals surface area contributed by atoms with Crippen LogP contribution in [-0.4, -0.2) is 119 Å². The third-order valence-corrected chi connectivity index (χ3v) is 15.7. The molecule has 1 saturated carbocycles. The van der Waals surface area contributed by atoms with Crippen molar-refractivity contribution >= 4 is 56.7 Å². The average molecular weight is 1030 g/mol. The first-order valence-corrected chi connectivity index (χ1v) is 25.3. The molecule has 1 aliphatic carbocycles. The van der Waals surface area contributed by atoms with Gasteiger partial charge in [-0.1, -0.05) is 35.3 Å². The highest BCUT2D eigenvalue weighted by Gasteiger charge is 2.61. The van der Waals surface area contributed by atoms with Gasteiger partial charge < -0.3 is 33.5 Å². The van der Waals surface area contributed by atoms with Crippen molar-refractivity contribution in [1.82, 2.24) is 29.7 Å². The molecule has 374 valence electrons. The highest BCUT2D eigenvalue weighted by atomic mass is 35.5. The van der Waals surface area contributed by atoms with Gasteiger partial charge in [0, 0.05) is 86.3 Å². The fourth-order valence-corrected chi connectivity index (χ4v) is 11.5. The molecular formula is C52H54Cl2F3N7O6S. The summed E-state index contributed by atoms with van der Waals surface area (Å²) in [7, 11) is 2.10. The summed E-state index contributed by atoms with van der Waals surface area (Å²) in [5.41, 5.74) is 3.49. The van der Waals surface area contributed by atoms with Gasteiger partial charge in [0.1, 0.15) is 53.4 Å². The van der Waals surface area contributed by atoms with Gasteiger partial charge in [0.05, 0.1) is 21.1 Å². The first kappa shape index (κ1) is 49.1. The zero-order valence-electron chi connectivity index (χ0n) is 40.2. The van der Waals surface area contributed by atoms with Crippen molar-refractivity contribution in [2.24, 2.45) is 11.8 Å². The lowest BCUT2D eigenvalue weighted by molar-refractivity contribution is -0.194. The van der Waals surface area contributed by atoms with Crippen LogP contribution in [0.25, 0.3) is 31.8 Å². The molecule has 3 aromatic carbocycles. The normalized spacial score (nSPS) is 21.4. The van der Waals surface area contributed by atoms with Crippen LogP contribution in [0.3, 0.4) is 0 Å². The maximum atomic E-state index is 14.6. The molecule has 6 aliphatic rings. The number of piperidine rings is 2. The largest absolute Gasteiger partial charge is 0.490 e. The lowest BCUT2D eigenvalue weighted by Crippen LogP contribution is -2.63. The summed E-state index contributed by atoms with van der Waals surface area (Å²) in [5.74, 6) is -3.54. The Kier molecular flexibility index (Phi) is 13.5. The zero-order chi connectivity index (χ0) is 49.9. The van der Waals surface area contributed by atoms with Crippen LogP contribution < -0.4 is 23.8 Å². The van der Waals surface area contributed by atoms with E-state index >= 15 is 0 Å². The van der Waals surface area contributed by atoms with Crippen molar-refractivity contribution in [2.45, 2.75) is 77.8 Å². The molecule has 0 radical (unpaired) electrons. The number of halogens is 5. The van der Waals surface area contributed by atoms with Gasteiger partial charge in [-0.05, 0) is 107 Å². The minimum atomic E-state index is -2.67. The molecule has 0 spiro atoms. The number of thiophene rings is 1. The minimum absolute atomic E-state index is 0.00706. The van der Waals surface area contributed by atoms with Crippen LogP contribution in [0, 0.1) is 31.5 Å². The van der Waals surface area contributed by atoms with Crippen LogP contribution in [0.1, 0.15) is 49.6 Å². The number of hydrogen-bond donors (Lipinski definition) is 0. The van der Waals surface area contributed by atoms with Crippen LogP contribution in [0.4, 0.5) is 19.1 Å². The number of benzene rings is 3. The molecule has 6 bridgehead atoms. The Labute approximate surface area is 424 Å². The summed E-state index contributed by atoms with van der Waals surface area (Å²) in [6, 6.07) is 13.2. The van der Waals surface area contributed by atoms with E-state index < -0.39 is 47.4 Å². The Morgan fingerprint density at radius 1 is 0.930 bits per heavy atom. The number of fused-ring (bicyclic) bond motifs is 9. The molecule has 4 fully saturated rings. The molecule has 5 aliphatic heterocycles. The Balaban J connectivity index is 1.09. The highest BCUT2D eigenvalue weighted by Crippen LogP contribution is 2.54. The monoisotopic (exact) mass is 1030 g/mol.